The molecule has 0 atom stereocenters. The summed E-state index contributed by atoms with van der Waals surface area (Å²) in [5.41, 5.74) is 5.13. The highest BCUT2D eigenvalue weighted by molar-refractivity contribution is 6.34. The van der Waals surface area contributed by atoms with E-state index in [1.54, 1.807) is 95.4 Å². The van der Waals surface area contributed by atoms with Crippen LogP contribution in [0.15, 0.2) is 165 Å². The minimum atomic E-state index is -0.580. The Bertz CT molecular complexity index is 3690. The van der Waals surface area contributed by atoms with Crippen molar-refractivity contribution in [2.24, 2.45) is 20.5 Å². The van der Waals surface area contributed by atoms with Gasteiger partial charge in [-0.25, -0.2) is 4.98 Å². The van der Waals surface area contributed by atoms with Crippen LogP contribution in [0.5, 0.6) is 11.5 Å². The number of hydrogen-bond acceptors (Lipinski definition) is 10. The van der Waals surface area contributed by atoms with Gasteiger partial charge in [-0.1, -0.05) is 90.5 Å². The Labute approximate surface area is 348 Å². The molecular weight excluding hydrogens is 790 g/mol. The largest absolute Gasteiger partial charge is 0.506 e. The molecule has 13 heteroatoms. The van der Waals surface area contributed by atoms with Crippen LogP contribution in [0.3, 0.4) is 0 Å². The number of hydrogen-bond donors (Lipinski definition) is 3. The summed E-state index contributed by atoms with van der Waals surface area (Å²) in [5.74, 6) is -1.42. The number of para-hydroxylation sites is 3. The van der Waals surface area contributed by atoms with Gasteiger partial charge >= 0.3 is 0 Å². The van der Waals surface area contributed by atoms with E-state index in [-0.39, 0.29) is 39.8 Å². The van der Waals surface area contributed by atoms with E-state index in [1.165, 1.54) is 6.07 Å². The van der Waals surface area contributed by atoms with Crippen molar-refractivity contribution in [1.82, 2.24) is 9.38 Å². The van der Waals surface area contributed by atoms with Gasteiger partial charge in [0.15, 0.2) is 11.5 Å². The van der Waals surface area contributed by atoms with Crippen molar-refractivity contribution >= 4 is 101 Å². The summed E-state index contributed by atoms with van der Waals surface area (Å²) in [6, 6.07) is 40.1. The van der Waals surface area contributed by atoms with Crippen molar-refractivity contribution in [3.8, 4) is 22.6 Å². The summed E-state index contributed by atoms with van der Waals surface area (Å²) in [7, 11) is 0. The molecule has 8 aromatic carbocycles. The number of benzene rings is 8. The Morgan fingerprint density at radius 2 is 1.28 bits per heavy atom. The molecule has 0 unspecified atom stereocenters. The number of amides is 1. The second-order valence-corrected chi connectivity index (χ2v) is 15.0. The highest BCUT2D eigenvalue weighted by Gasteiger charge is 2.28. The number of carbonyl (C=O) groups is 2. The first-order chi connectivity index (χ1) is 29.7. The van der Waals surface area contributed by atoms with Gasteiger partial charge in [-0.15, -0.1) is 10.2 Å². The van der Waals surface area contributed by atoms with Gasteiger partial charge in [0, 0.05) is 32.7 Å². The number of imidazole rings is 1. The van der Waals surface area contributed by atoms with Crippen LogP contribution in [0.4, 0.5) is 28.4 Å². The number of carbonyl (C=O) groups excluding carboxylic acids is 2. The molecule has 3 N–H and O–H groups in total. The molecule has 0 saturated carbocycles. The number of fused-ring (bicyclic) bond motifs is 8. The van der Waals surface area contributed by atoms with Crippen LogP contribution < -0.4 is 10.9 Å². The topological polar surface area (TPSA) is 170 Å². The molecule has 12 nitrogen and oxygen atoms in total. The number of pyridine rings is 1. The van der Waals surface area contributed by atoms with Crippen molar-refractivity contribution in [2.75, 3.05) is 5.32 Å². The third-order valence-electron chi connectivity index (χ3n) is 11.0. The predicted octanol–water partition coefficient (Wildman–Crippen LogP) is 12.1. The number of azo groups is 2. The second-order valence-electron chi connectivity index (χ2n) is 14.6. The predicted molar refractivity (Wildman–Crippen MR) is 236 cm³/mol. The van der Waals surface area contributed by atoms with Crippen LogP contribution in [-0.2, 0) is 0 Å². The molecule has 2 heterocycles. The Morgan fingerprint density at radius 1 is 0.623 bits per heavy atom. The number of phenols is 2. The lowest BCUT2D eigenvalue weighted by molar-refractivity contribution is 0.102. The molecule has 1 aliphatic carbocycles. The fourth-order valence-electron chi connectivity index (χ4n) is 8.19. The van der Waals surface area contributed by atoms with Gasteiger partial charge in [0.05, 0.1) is 44.1 Å². The van der Waals surface area contributed by atoms with E-state index in [4.69, 9.17) is 16.6 Å². The fraction of sp³-hybridized carbons (Fsp3) is 0. The minimum absolute atomic E-state index is 0.0174. The number of aromatic nitrogens is 2. The maximum absolute atomic E-state index is 13.9. The third-order valence-corrected chi connectivity index (χ3v) is 11.4. The number of ketones is 1. The van der Waals surface area contributed by atoms with E-state index >= 15 is 0 Å². The van der Waals surface area contributed by atoms with E-state index in [9.17, 15) is 24.6 Å². The molecular formula is C48H26ClN7O5. The monoisotopic (exact) mass is 815 g/mol. The van der Waals surface area contributed by atoms with Crippen LogP contribution in [0.25, 0.3) is 60.1 Å². The smallest absolute Gasteiger partial charge is 0.264 e. The van der Waals surface area contributed by atoms with Gasteiger partial charge in [0.1, 0.15) is 22.8 Å². The molecule has 61 heavy (non-hydrogen) atoms. The molecule has 11 rings (SSSR count). The number of nitrogens with zero attached hydrogens (tertiary/aromatic N) is 6. The molecule has 0 bridgehead atoms. The van der Waals surface area contributed by atoms with Crippen LogP contribution in [0, 0.1) is 0 Å². The lowest BCUT2D eigenvalue weighted by atomic mass is 10.0. The molecule has 1 amide bonds. The van der Waals surface area contributed by atoms with E-state index in [2.05, 4.69) is 25.8 Å². The first-order valence-electron chi connectivity index (χ1n) is 19.0. The van der Waals surface area contributed by atoms with Gasteiger partial charge in [0.25, 0.3) is 11.5 Å². The molecule has 0 aliphatic heterocycles. The zero-order chi connectivity index (χ0) is 41.5. The lowest BCUT2D eigenvalue weighted by Gasteiger charge is -2.12. The normalized spacial score (nSPS) is 12.5. The summed E-state index contributed by atoms with van der Waals surface area (Å²) >= 11 is 6.26. The fourth-order valence-corrected chi connectivity index (χ4v) is 8.37. The van der Waals surface area contributed by atoms with Gasteiger partial charge in [-0.05, 0) is 77.2 Å². The van der Waals surface area contributed by atoms with Crippen molar-refractivity contribution in [1.29, 1.82) is 0 Å². The zero-order valence-corrected chi connectivity index (χ0v) is 32.2. The second kappa shape index (κ2) is 13.6. The molecule has 0 spiro atoms. The van der Waals surface area contributed by atoms with Gasteiger partial charge in [-0.3, -0.25) is 18.8 Å². The number of phenolic OH excluding ortho intramolecular Hbond substituents is 2. The lowest BCUT2D eigenvalue weighted by Crippen LogP contribution is -2.13. The molecule has 1 aliphatic rings. The third kappa shape index (κ3) is 5.61. The number of nitrogens with one attached hydrogen (secondary N) is 1. The van der Waals surface area contributed by atoms with E-state index < -0.39 is 5.91 Å². The molecule has 0 saturated heterocycles. The average Bonchev–Trinajstić information content (AvgIpc) is 3.80. The number of anilines is 1. The van der Waals surface area contributed by atoms with Crippen molar-refractivity contribution in [3.05, 3.63) is 172 Å². The van der Waals surface area contributed by atoms with Crippen molar-refractivity contribution in [3.63, 3.8) is 0 Å². The summed E-state index contributed by atoms with van der Waals surface area (Å²) in [6.07, 6.45) is 0. The van der Waals surface area contributed by atoms with Gasteiger partial charge in [-0.2, -0.15) is 10.2 Å². The quantitative estimate of drug-likeness (QED) is 0.141. The summed E-state index contributed by atoms with van der Waals surface area (Å²) in [6.45, 7) is 0. The van der Waals surface area contributed by atoms with Gasteiger partial charge in [0.2, 0.25) is 0 Å². The number of aromatic hydroxyl groups is 2. The van der Waals surface area contributed by atoms with E-state index in [0.717, 1.165) is 5.39 Å². The molecule has 0 fully saturated rings. The zero-order valence-electron chi connectivity index (χ0n) is 31.5. The van der Waals surface area contributed by atoms with Crippen LogP contribution in [0.1, 0.15) is 26.3 Å². The van der Waals surface area contributed by atoms with E-state index in [0.29, 0.717) is 88.0 Å². The Kier molecular flexibility index (Phi) is 7.99. The summed E-state index contributed by atoms with van der Waals surface area (Å²) in [4.78, 5) is 45.8. The number of rotatable bonds is 6. The highest BCUT2D eigenvalue weighted by Crippen LogP contribution is 2.44. The maximum atomic E-state index is 13.9. The average molecular weight is 816 g/mol. The van der Waals surface area contributed by atoms with Crippen molar-refractivity contribution in [2.45, 2.75) is 0 Å². The minimum Gasteiger partial charge on any atom is -0.506 e. The highest BCUT2D eigenvalue weighted by atomic mass is 35.5. The number of halogens is 1. The molecule has 10 aromatic rings. The van der Waals surface area contributed by atoms with Gasteiger partial charge < -0.3 is 15.5 Å². The summed E-state index contributed by atoms with van der Waals surface area (Å²) < 4.78 is 1.57. The van der Waals surface area contributed by atoms with Crippen LogP contribution in [0.2, 0.25) is 5.02 Å². The van der Waals surface area contributed by atoms with Crippen LogP contribution >= 0.6 is 11.6 Å². The Morgan fingerprint density at radius 3 is 2.05 bits per heavy atom. The summed E-state index contributed by atoms with van der Waals surface area (Å²) in [5, 5.41) is 46.8. The maximum Gasteiger partial charge on any atom is 0.264 e. The first-order valence-corrected chi connectivity index (χ1v) is 19.4. The molecule has 2 aromatic heterocycles. The Balaban J connectivity index is 0.907. The first kappa shape index (κ1) is 35.8. The molecule has 0 radical (unpaired) electrons. The van der Waals surface area contributed by atoms with E-state index in [1.807, 2.05) is 42.5 Å². The standard InChI is InChI=1S/C48H26ClN7O5/c49-36-12-3-4-13-37(36)51-47(60)35-20-24-8-1-2-9-27(24)43(45(35)59)55-53-26-17-19-29-28-18-16-25(21-32(28)44(58)33(29)22-26)52-54-42-30-10-7-11-31-41(30)34(23-40(42)57)48(61)56-39-15-6-5-14-38(39)50-46(31)56/h1-23,57,59H,(H,51,60). The Hall–Kier alpha value is -8.35. The SMILES string of the molecule is O=C1c2cc(N=Nc3c(O)c(C(=O)Nc4ccccc4Cl)cc4ccccc34)ccc2-c2ccc(N=Nc3c(O)cc4c(=O)n5c6ccccc6nc5c5cccc3c45)cc21. The van der Waals surface area contributed by atoms with Crippen molar-refractivity contribution < 1.29 is 19.8 Å². The van der Waals surface area contributed by atoms with Crippen LogP contribution in [-0.4, -0.2) is 31.3 Å². The molecule has 290 valence electrons.